The molecule has 0 aliphatic carbocycles. The van der Waals surface area contributed by atoms with Crippen LogP contribution in [0.5, 0.6) is 0 Å². The molecule has 3 rings (SSSR count). The minimum Gasteiger partial charge on any atom is -0.488 e. The molecule has 0 bridgehead atoms. The van der Waals surface area contributed by atoms with Gasteiger partial charge >= 0.3 is 0 Å². The van der Waals surface area contributed by atoms with Gasteiger partial charge in [-0.2, -0.15) is 0 Å². The topological polar surface area (TPSA) is 51.0 Å². The van der Waals surface area contributed by atoms with Crippen LogP contribution < -0.4 is 0 Å². The number of alkyl halides is 1. The summed E-state index contributed by atoms with van der Waals surface area (Å²) in [7, 11) is 2.21. The first-order chi connectivity index (χ1) is 14.4. The molecule has 0 spiro atoms. The average molecular weight is 440 g/mol. The summed E-state index contributed by atoms with van der Waals surface area (Å²) in [6.07, 6.45) is 1.92. The zero-order valence-electron chi connectivity index (χ0n) is 19.0. The fourth-order valence-electron chi connectivity index (χ4n) is 3.29. The maximum atomic E-state index is 14.1. The van der Waals surface area contributed by atoms with Gasteiger partial charge in [0.05, 0.1) is 11.3 Å². The van der Waals surface area contributed by atoms with Crippen LogP contribution in [0.15, 0.2) is 59.2 Å². The number of nitrogens with one attached hydrogen (secondary N) is 1. The van der Waals surface area contributed by atoms with Crippen LogP contribution in [0.3, 0.4) is 0 Å². The minimum atomic E-state index is -1.46. The molecule has 0 fully saturated rings. The van der Waals surface area contributed by atoms with E-state index in [0.717, 1.165) is 22.5 Å². The van der Waals surface area contributed by atoms with Gasteiger partial charge in [-0.1, -0.05) is 46.2 Å². The van der Waals surface area contributed by atoms with E-state index in [-0.39, 0.29) is 5.60 Å². The third kappa shape index (κ3) is 5.34. The highest BCUT2D eigenvalue weighted by Gasteiger charge is 2.21. The van der Waals surface area contributed by atoms with Crippen molar-refractivity contribution >= 4 is 14.8 Å². The van der Waals surface area contributed by atoms with Gasteiger partial charge in [-0.05, 0) is 59.2 Å². The van der Waals surface area contributed by atoms with Crippen molar-refractivity contribution in [1.82, 2.24) is 9.97 Å². The van der Waals surface area contributed by atoms with Gasteiger partial charge in [0.2, 0.25) is 0 Å². The lowest BCUT2D eigenvalue weighted by Gasteiger charge is -2.23. The van der Waals surface area contributed by atoms with Crippen molar-refractivity contribution in [2.75, 3.05) is 0 Å². The fourth-order valence-corrected chi connectivity index (χ4v) is 3.48. The van der Waals surface area contributed by atoms with Crippen molar-refractivity contribution in [1.29, 1.82) is 0 Å². The number of halogens is 1. The van der Waals surface area contributed by atoms with Gasteiger partial charge in [0.1, 0.15) is 22.5 Å². The Bertz CT molecular complexity index is 1110. The van der Waals surface area contributed by atoms with Crippen LogP contribution >= 0.6 is 9.24 Å². The van der Waals surface area contributed by atoms with Gasteiger partial charge in [-0.15, -0.1) is 0 Å². The third-order valence-corrected chi connectivity index (χ3v) is 5.06. The first-order valence-electron chi connectivity index (χ1n) is 10.2. The lowest BCUT2D eigenvalue weighted by molar-refractivity contribution is 0.0627. The zero-order chi connectivity index (χ0) is 23.0. The molecule has 1 N–H and O–H groups in total. The molecule has 31 heavy (non-hydrogen) atoms. The second kappa shape index (κ2) is 8.47. The normalized spacial score (nSPS) is 14.4. The Morgan fingerprint density at radius 1 is 1.16 bits per heavy atom. The zero-order valence-corrected chi connectivity index (χ0v) is 20.1. The first kappa shape index (κ1) is 23.0. The molecule has 164 valence electrons. The number of H-pyrrole nitrogens is 1. The van der Waals surface area contributed by atoms with E-state index in [0.29, 0.717) is 28.7 Å². The van der Waals surface area contributed by atoms with Crippen LogP contribution in [0.2, 0.25) is 0 Å². The number of hydrogen-bond donors (Lipinski definition) is 1. The molecular weight excluding hydrogens is 410 g/mol. The number of furan rings is 1. The number of allylic oxidation sites excluding steroid dienone is 2. The van der Waals surface area contributed by atoms with Gasteiger partial charge < -0.3 is 14.1 Å². The standard InChI is InChI=1S/C25H30FN2O2P/c1-8-19(16(3)30-24(4,5)6)20-13-14-21(29-20)23-27-15(2)22(28-23)17-9-11-18(12-10-17)25(7,26)31/h8-14H,3,31H2,1-2,4-7H3,(H,27,28)/b19-8+. The van der Waals surface area contributed by atoms with Crippen LogP contribution in [0.1, 0.15) is 51.6 Å². The molecule has 6 heteroatoms. The molecule has 2 aromatic heterocycles. The number of ether oxygens (including phenoxy) is 1. The van der Waals surface area contributed by atoms with Crippen LogP contribution in [-0.4, -0.2) is 15.6 Å². The summed E-state index contributed by atoms with van der Waals surface area (Å²) in [6.45, 7) is 15.4. The largest absolute Gasteiger partial charge is 0.488 e. The second-order valence-corrected chi connectivity index (χ2v) is 9.80. The average Bonchev–Trinajstić information content (AvgIpc) is 3.27. The van der Waals surface area contributed by atoms with E-state index in [9.17, 15) is 4.39 Å². The summed E-state index contributed by atoms with van der Waals surface area (Å²) in [5, 5.41) is -1.46. The van der Waals surface area contributed by atoms with E-state index in [1.807, 2.05) is 65.0 Å². The number of rotatable bonds is 6. The highest BCUT2D eigenvalue weighted by Crippen LogP contribution is 2.35. The van der Waals surface area contributed by atoms with Gasteiger partial charge in [-0.3, -0.25) is 0 Å². The van der Waals surface area contributed by atoms with Crippen molar-refractivity contribution in [3.63, 3.8) is 0 Å². The van der Waals surface area contributed by atoms with Crippen molar-refractivity contribution in [3.8, 4) is 22.8 Å². The predicted molar refractivity (Wildman–Crippen MR) is 128 cm³/mol. The number of aromatic amines is 1. The van der Waals surface area contributed by atoms with E-state index >= 15 is 0 Å². The molecule has 0 amide bonds. The van der Waals surface area contributed by atoms with Gasteiger partial charge in [-0.25, -0.2) is 9.37 Å². The molecule has 0 radical (unpaired) electrons. The van der Waals surface area contributed by atoms with Crippen LogP contribution in [0.4, 0.5) is 4.39 Å². The van der Waals surface area contributed by atoms with E-state index in [1.54, 1.807) is 12.1 Å². The molecule has 2 heterocycles. The van der Waals surface area contributed by atoms with E-state index in [1.165, 1.54) is 6.92 Å². The Morgan fingerprint density at radius 3 is 2.35 bits per heavy atom. The number of imidazole rings is 1. The summed E-state index contributed by atoms with van der Waals surface area (Å²) >= 11 is 0. The smallest absolute Gasteiger partial charge is 0.174 e. The highest BCUT2D eigenvalue weighted by molar-refractivity contribution is 7.18. The Labute approximate surface area is 185 Å². The number of hydrogen-bond acceptors (Lipinski definition) is 3. The summed E-state index contributed by atoms with van der Waals surface area (Å²) in [6, 6.07) is 11.1. The summed E-state index contributed by atoms with van der Waals surface area (Å²) in [4.78, 5) is 8.01. The predicted octanol–water partition coefficient (Wildman–Crippen LogP) is 7.39. The number of nitrogens with zero attached hydrogens (tertiary/aromatic N) is 1. The quantitative estimate of drug-likeness (QED) is 0.247. The van der Waals surface area contributed by atoms with E-state index < -0.39 is 5.41 Å². The van der Waals surface area contributed by atoms with Crippen molar-refractivity contribution in [2.45, 2.75) is 52.6 Å². The molecular formula is C25H30FN2O2P. The fraction of sp³-hybridized carbons (Fsp3) is 0.320. The minimum absolute atomic E-state index is 0.348. The van der Waals surface area contributed by atoms with Crippen molar-refractivity contribution < 1.29 is 13.5 Å². The molecule has 0 aliphatic heterocycles. The van der Waals surface area contributed by atoms with Crippen LogP contribution in [-0.2, 0) is 10.1 Å². The Balaban J connectivity index is 1.88. The SMILES string of the molecule is C=C(OC(C)(C)C)/C(=C\C)c1ccc(-c2nc(-c3ccc(C(C)(F)P)cc3)c(C)[nH]2)o1. The molecule has 1 aromatic carbocycles. The first-order valence-corrected chi connectivity index (χ1v) is 10.8. The molecule has 0 saturated heterocycles. The Kier molecular flexibility index (Phi) is 6.29. The maximum absolute atomic E-state index is 14.1. The Hall–Kier alpha value is -2.65. The molecule has 2 unspecified atom stereocenters. The second-order valence-electron chi connectivity index (χ2n) is 8.72. The molecule has 4 nitrogen and oxygen atoms in total. The third-order valence-electron chi connectivity index (χ3n) is 4.73. The van der Waals surface area contributed by atoms with Crippen molar-refractivity contribution in [3.05, 3.63) is 71.8 Å². The number of aryl methyl sites for hydroxylation is 1. The Morgan fingerprint density at radius 2 is 1.81 bits per heavy atom. The summed E-state index contributed by atoms with van der Waals surface area (Å²) in [5.41, 5.74) is 3.66. The van der Waals surface area contributed by atoms with Crippen LogP contribution in [0, 0.1) is 6.92 Å². The highest BCUT2D eigenvalue weighted by atomic mass is 31.0. The number of aromatic nitrogens is 2. The van der Waals surface area contributed by atoms with E-state index in [2.05, 4.69) is 20.8 Å². The van der Waals surface area contributed by atoms with Crippen molar-refractivity contribution in [2.24, 2.45) is 0 Å². The number of benzene rings is 1. The van der Waals surface area contributed by atoms with Gasteiger partial charge in [0, 0.05) is 11.3 Å². The van der Waals surface area contributed by atoms with E-state index in [4.69, 9.17) is 14.1 Å². The summed E-state index contributed by atoms with van der Waals surface area (Å²) < 4.78 is 26.1. The van der Waals surface area contributed by atoms with Gasteiger partial charge in [0.25, 0.3) is 0 Å². The molecule has 2 atom stereocenters. The lowest BCUT2D eigenvalue weighted by atomic mass is 10.1. The molecule has 0 aliphatic rings. The lowest BCUT2D eigenvalue weighted by Crippen LogP contribution is -2.18. The van der Waals surface area contributed by atoms with Gasteiger partial charge in [0.15, 0.2) is 11.6 Å². The van der Waals surface area contributed by atoms with Crippen LogP contribution in [0.25, 0.3) is 28.4 Å². The summed E-state index contributed by atoms with van der Waals surface area (Å²) in [5.74, 6) is 2.46. The molecule has 0 saturated carbocycles. The molecule has 3 aromatic rings. The monoisotopic (exact) mass is 440 g/mol. The maximum Gasteiger partial charge on any atom is 0.174 e.